The van der Waals surface area contributed by atoms with E-state index in [1.54, 1.807) is 0 Å². The highest BCUT2D eigenvalue weighted by atomic mass is 16.4. The zero-order valence-electron chi connectivity index (χ0n) is 16.4. The van der Waals surface area contributed by atoms with Gasteiger partial charge in [-0.05, 0) is 46.9 Å². The molecule has 0 saturated carbocycles. The highest BCUT2D eigenvalue weighted by molar-refractivity contribution is 5.84. The number of allylic oxidation sites excluding steroid dienone is 1. The fourth-order valence-electron chi connectivity index (χ4n) is 3.62. The van der Waals surface area contributed by atoms with Crippen LogP contribution in [-0.4, -0.2) is 37.2 Å². The Morgan fingerprint density at radius 1 is 1.27 bits per heavy atom. The van der Waals surface area contributed by atoms with Gasteiger partial charge in [0.2, 0.25) is 5.95 Å². The summed E-state index contributed by atoms with van der Waals surface area (Å²) in [4.78, 5) is 23.6. The van der Waals surface area contributed by atoms with E-state index in [4.69, 9.17) is 5.73 Å². The van der Waals surface area contributed by atoms with Crippen LogP contribution in [0.15, 0.2) is 12.2 Å². The number of carboxylic acids is 1. The van der Waals surface area contributed by atoms with Crippen molar-refractivity contribution in [2.45, 2.75) is 66.7 Å². The van der Waals surface area contributed by atoms with Crippen molar-refractivity contribution in [2.75, 3.05) is 5.73 Å². The lowest BCUT2D eigenvalue weighted by molar-refractivity contribution is -0.141. The van der Waals surface area contributed by atoms with Gasteiger partial charge in [-0.15, -0.1) is 4.68 Å². The number of nitrogen functional groups attached to an aromatic ring is 1. The van der Waals surface area contributed by atoms with Crippen LogP contribution in [0.5, 0.6) is 0 Å². The highest BCUT2D eigenvalue weighted by Crippen LogP contribution is 2.38. The van der Waals surface area contributed by atoms with Crippen LogP contribution in [0, 0.1) is 16.7 Å². The molecule has 1 aromatic heterocycles. The normalized spacial score (nSPS) is 13.4. The second-order valence-electron chi connectivity index (χ2n) is 8.95. The van der Waals surface area contributed by atoms with E-state index < -0.39 is 17.8 Å². The van der Waals surface area contributed by atoms with E-state index in [1.807, 2.05) is 0 Å². The Balaban J connectivity index is 2.61. The van der Waals surface area contributed by atoms with Gasteiger partial charge in [-0.1, -0.05) is 51.9 Å². The van der Waals surface area contributed by atoms with Crippen molar-refractivity contribution in [2.24, 2.45) is 16.7 Å². The minimum Gasteiger partial charge on any atom is -0.481 e. The Hall–Kier alpha value is -2.25. The van der Waals surface area contributed by atoms with Crippen molar-refractivity contribution < 1.29 is 14.7 Å². The van der Waals surface area contributed by atoms with Crippen molar-refractivity contribution in [3.8, 4) is 0 Å². The first-order chi connectivity index (χ1) is 11.8. The van der Waals surface area contributed by atoms with Crippen LogP contribution in [-0.2, 0) is 4.79 Å². The average molecular weight is 365 g/mol. The molecule has 0 aliphatic rings. The summed E-state index contributed by atoms with van der Waals surface area (Å²) in [6.45, 7) is 15.1. The lowest BCUT2D eigenvalue weighted by atomic mass is 9.72. The van der Waals surface area contributed by atoms with Crippen LogP contribution in [0.25, 0.3) is 0 Å². The Morgan fingerprint density at radius 2 is 1.88 bits per heavy atom. The smallest absolute Gasteiger partial charge is 0.307 e. The lowest BCUT2D eigenvalue weighted by Gasteiger charge is -2.33. The molecule has 1 unspecified atom stereocenters. The Kier molecular flexibility index (Phi) is 7.06. The van der Waals surface area contributed by atoms with Gasteiger partial charge in [-0.2, -0.15) is 0 Å². The van der Waals surface area contributed by atoms with E-state index in [-0.39, 0.29) is 23.2 Å². The minimum atomic E-state index is -1.02. The van der Waals surface area contributed by atoms with Crippen LogP contribution in [0.3, 0.4) is 0 Å². The summed E-state index contributed by atoms with van der Waals surface area (Å²) in [5, 5.41) is 19.6. The van der Waals surface area contributed by atoms with E-state index in [2.05, 4.69) is 56.7 Å². The van der Waals surface area contributed by atoms with E-state index in [0.717, 1.165) is 23.1 Å². The van der Waals surface area contributed by atoms with Crippen LogP contribution in [0.2, 0.25) is 0 Å². The van der Waals surface area contributed by atoms with Gasteiger partial charge in [0.25, 0.3) is 5.91 Å². The summed E-state index contributed by atoms with van der Waals surface area (Å²) in [6, 6.07) is 0. The van der Waals surface area contributed by atoms with E-state index >= 15 is 0 Å². The van der Waals surface area contributed by atoms with Crippen molar-refractivity contribution in [1.82, 2.24) is 20.2 Å². The lowest BCUT2D eigenvalue weighted by Crippen LogP contribution is -2.24. The number of carbonyl (C=O) groups is 2. The first-order valence-electron chi connectivity index (χ1n) is 8.77. The van der Waals surface area contributed by atoms with Crippen LogP contribution in [0.1, 0.15) is 71.5 Å². The SMILES string of the molecule is C=C(CCC(CC(=O)n1nnnc1N)C(=O)O)CC(C)(C)CC(C)(C)C. The molecular formula is C18H31N5O3. The number of aromatic nitrogens is 4. The quantitative estimate of drug-likeness (QED) is 0.508. The second-order valence-corrected chi connectivity index (χ2v) is 8.95. The molecule has 1 rings (SSSR count). The molecule has 0 fully saturated rings. The molecule has 0 spiro atoms. The van der Waals surface area contributed by atoms with Gasteiger partial charge in [0.05, 0.1) is 5.92 Å². The fourth-order valence-corrected chi connectivity index (χ4v) is 3.62. The van der Waals surface area contributed by atoms with Crippen LogP contribution < -0.4 is 5.73 Å². The molecule has 146 valence electrons. The number of carbonyl (C=O) groups excluding carboxylic acids is 1. The molecule has 3 N–H and O–H groups in total. The first kappa shape index (κ1) is 21.8. The summed E-state index contributed by atoms with van der Waals surface area (Å²) in [7, 11) is 0. The third kappa shape index (κ3) is 7.33. The largest absolute Gasteiger partial charge is 0.481 e. The molecule has 0 bridgehead atoms. The van der Waals surface area contributed by atoms with Gasteiger partial charge >= 0.3 is 5.97 Å². The molecule has 0 saturated heterocycles. The summed E-state index contributed by atoms with van der Waals surface area (Å²) in [5.41, 5.74) is 6.78. The van der Waals surface area contributed by atoms with Crippen molar-refractivity contribution in [3.05, 3.63) is 12.2 Å². The maximum absolute atomic E-state index is 12.1. The summed E-state index contributed by atoms with van der Waals surface area (Å²) >= 11 is 0. The predicted octanol–water partition coefficient (Wildman–Crippen LogP) is 3.18. The Labute approximate surface area is 154 Å². The van der Waals surface area contributed by atoms with Gasteiger partial charge in [0.1, 0.15) is 0 Å². The Bertz CT molecular complexity index is 658. The van der Waals surface area contributed by atoms with Gasteiger partial charge in [-0.3, -0.25) is 9.59 Å². The fraction of sp³-hybridized carbons (Fsp3) is 0.722. The molecule has 1 atom stereocenters. The number of nitrogens with two attached hydrogens (primary N) is 1. The minimum absolute atomic E-state index is 0.0880. The number of anilines is 1. The summed E-state index contributed by atoms with van der Waals surface area (Å²) in [5.74, 6) is -2.52. The highest BCUT2D eigenvalue weighted by Gasteiger charge is 2.27. The van der Waals surface area contributed by atoms with Gasteiger partial charge in [0, 0.05) is 6.42 Å². The molecule has 26 heavy (non-hydrogen) atoms. The van der Waals surface area contributed by atoms with Crippen molar-refractivity contribution >= 4 is 17.8 Å². The van der Waals surface area contributed by atoms with E-state index in [9.17, 15) is 14.7 Å². The van der Waals surface area contributed by atoms with Gasteiger partial charge < -0.3 is 10.8 Å². The molecule has 8 heteroatoms. The van der Waals surface area contributed by atoms with Crippen molar-refractivity contribution in [3.63, 3.8) is 0 Å². The van der Waals surface area contributed by atoms with E-state index in [0.29, 0.717) is 12.8 Å². The van der Waals surface area contributed by atoms with Crippen LogP contribution >= 0.6 is 0 Å². The molecular weight excluding hydrogens is 334 g/mol. The topological polar surface area (TPSA) is 124 Å². The summed E-state index contributed by atoms with van der Waals surface area (Å²) < 4.78 is 0.831. The predicted molar refractivity (Wildman–Crippen MR) is 99.4 cm³/mol. The number of hydrogen-bond donors (Lipinski definition) is 2. The number of rotatable bonds is 9. The number of tetrazole rings is 1. The molecule has 0 aromatic carbocycles. The molecule has 0 radical (unpaired) electrons. The summed E-state index contributed by atoms with van der Waals surface area (Å²) in [6.07, 6.45) is 2.56. The molecule has 8 nitrogen and oxygen atoms in total. The Morgan fingerprint density at radius 3 is 2.35 bits per heavy atom. The molecule has 1 aromatic rings. The third-order valence-electron chi connectivity index (χ3n) is 4.08. The third-order valence-corrected chi connectivity index (χ3v) is 4.08. The van der Waals surface area contributed by atoms with Gasteiger partial charge in [0.15, 0.2) is 0 Å². The van der Waals surface area contributed by atoms with Gasteiger partial charge in [-0.25, -0.2) is 0 Å². The molecule has 0 aliphatic heterocycles. The van der Waals surface area contributed by atoms with E-state index in [1.165, 1.54) is 0 Å². The first-order valence-corrected chi connectivity index (χ1v) is 8.77. The second kappa shape index (κ2) is 8.42. The number of hydrogen-bond acceptors (Lipinski definition) is 6. The van der Waals surface area contributed by atoms with Crippen molar-refractivity contribution in [1.29, 1.82) is 0 Å². The number of nitrogens with zero attached hydrogens (tertiary/aromatic N) is 4. The van der Waals surface area contributed by atoms with Crippen LogP contribution in [0.4, 0.5) is 5.95 Å². The zero-order chi connectivity index (χ0) is 20.1. The molecule has 1 heterocycles. The monoisotopic (exact) mass is 365 g/mol. The average Bonchev–Trinajstić information content (AvgIpc) is 2.85. The maximum atomic E-state index is 12.1. The molecule has 0 amide bonds. The number of carboxylic acid groups (broad SMARTS) is 1. The maximum Gasteiger partial charge on any atom is 0.307 e. The number of aliphatic carboxylic acids is 1. The standard InChI is InChI=1S/C18H31N5O3/c1-12(10-18(5,6)11-17(2,3)4)7-8-13(15(25)26)9-14(24)23-16(19)20-21-22-23/h13H,1,7-11H2,2-6H3,(H,25,26)(H2,19,20,22). The zero-order valence-corrected chi connectivity index (χ0v) is 16.4. The molecule has 0 aliphatic carbocycles.